The molecule has 21 heavy (non-hydrogen) atoms. The highest BCUT2D eigenvalue weighted by atomic mass is 32.2. The lowest BCUT2D eigenvalue weighted by molar-refractivity contribution is 0.170. The van der Waals surface area contributed by atoms with Gasteiger partial charge in [0, 0.05) is 6.04 Å². The van der Waals surface area contributed by atoms with E-state index in [2.05, 4.69) is 30.0 Å². The van der Waals surface area contributed by atoms with E-state index in [9.17, 15) is 0 Å². The highest BCUT2D eigenvalue weighted by molar-refractivity contribution is 7.99. The highest BCUT2D eigenvalue weighted by Crippen LogP contribution is 2.38. The Morgan fingerprint density at radius 3 is 2.95 bits per heavy atom. The molecule has 0 aliphatic carbocycles. The van der Waals surface area contributed by atoms with Crippen molar-refractivity contribution in [1.29, 1.82) is 0 Å². The SMILES string of the molecule is CCSCCCN1CCCC1c1ccc2c(c1)OCCO2. The van der Waals surface area contributed by atoms with Crippen LogP contribution in [0.15, 0.2) is 18.2 Å². The van der Waals surface area contributed by atoms with Gasteiger partial charge in [-0.1, -0.05) is 13.0 Å². The van der Waals surface area contributed by atoms with Crippen LogP contribution in [0.25, 0.3) is 0 Å². The molecule has 0 bridgehead atoms. The van der Waals surface area contributed by atoms with Crippen LogP contribution in [-0.2, 0) is 0 Å². The van der Waals surface area contributed by atoms with E-state index in [0.717, 1.165) is 11.5 Å². The molecule has 0 spiro atoms. The van der Waals surface area contributed by atoms with Gasteiger partial charge in [-0.2, -0.15) is 11.8 Å². The Morgan fingerprint density at radius 2 is 2.10 bits per heavy atom. The Morgan fingerprint density at radius 1 is 1.24 bits per heavy atom. The van der Waals surface area contributed by atoms with Gasteiger partial charge in [0.1, 0.15) is 13.2 Å². The maximum Gasteiger partial charge on any atom is 0.161 e. The van der Waals surface area contributed by atoms with Crippen molar-refractivity contribution in [2.45, 2.75) is 32.2 Å². The highest BCUT2D eigenvalue weighted by Gasteiger charge is 2.26. The molecule has 0 amide bonds. The molecule has 4 heteroatoms. The first-order chi connectivity index (χ1) is 10.4. The Balaban J connectivity index is 1.64. The summed E-state index contributed by atoms with van der Waals surface area (Å²) < 4.78 is 11.3. The van der Waals surface area contributed by atoms with Gasteiger partial charge < -0.3 is 9.47 Å². The fourth-order valence-electron chi connectivity index (χ4n) is 3.25. The van der Waals surface area contributed by atoms with Gasteiger partial charge >= 0.3 is 0 Å². The molecule has 0 aromatic heterocycles. The lowest BCUT2D eigenvalue weighted by Crippen LogP contribution is -2.25. The number of hydrogen-bond donors (Lipinski definition) is 0. The third kappa shape index (κ3) is 3.67. The summed E-state index contributed by atoms with van der Waals surface area (Å²) in [5.74, 6) is 4.33. The van der Waals surface area contributed by atoms with Crippen LogP contribution in [0.4, 0.5) is 0 Å². The molecule has 1 fully saturated rings. The largest absolute Gasteiger partial charge is 0.486 e. The summed E-state index contributed by atoms with van der Waals surface area (Å²) in [6.45, 7) is 6.01. The number of likely N-dealkylation sites (tertiary alicyclic amines) is 1. The van der Waals surface area contributed by atoms with Crippen molar-refractivity contribution in [3.05, 3.63) is 23.8 Å². The lowest BCUT2D eigenvalue weighted by atomic mass is 10.0. The summed E-state index contributed by atoms with van der Waals surface area (Å²) in [5, 5.41) is 0. The molecule has 1 saturated heterocycles. The third-order valence-electron chi connectivity index (χ3n) is 4.25. The molecule has 2 aliphatic heterocycles. The minimum atomic E-state index is 0.562. The quantitative estimate of drug-likeness (QED) is 0.746. The van der Waals surface area contributed by atoms with Crippen molar-refractivity contribution >= 4 is 11.8 Å². The average molecular weight is 307 g/mol. The zero-order valence-electron chi connectivity index (χ0n) is 12.8. The first-order valence-electron chi connectivity index (χ1n) is 8.10. The second kappa shape index (κ2) is 7.41. The Kier molecular flexibility index (Phi) is 5.31. The Hall–Kier alpha value is -0.870. The normalized spacial score (nSPS) is 21.7. The van der Waals surface area contributed by atoms with E-state index >= 15 is 0 Å². The smallest absolute Gasteiger partial charge is 0.161 e. The first kappa shape index (κ1) is 15.0. The van der Waals surface area contributed by atoms with Gasteiger partial charge in [-0.3, -0.25) is 4.90 Å². The van der Waals surface area contributed by atoms with Crippen LogP contribution >= 0.6 is 11.8 Å². The number of rotatable bonds is 6. The molecule has 2 heterocycles. The standard InChI is InChI=1S/C17H25NO2S/c1-2-21-12-4-9-18-8-3-5-15(18)14-6-7-16-17(13-14)20-11-10-19-16/h6-7,13,15H,2-5,8-12H2,1H3. The van der Waals surface area contributed by atoms with E-state index in [1.165, 1.54) is 49.4 Å². The summed E-state index contributed by atoms with van der Waals surface area (Å²) in [5.41, 5.74) is 1.39. The first-order valence-corrected chi connectivity index (χ1v) is 9.25. The van der Waals surface area contributed by atoms with Crippen LogP contribution < -0.4 is 9.47 Å². The fourth-order valence-corrected chi connectivity index (χ4v) is 3.87. The van der Waals surface area contributed by atoms with E-state index in [-0.39, 0.29) is 0 Å². The molecule has 1 unspecified atom stereocenters. The average Bonchev–Trinajstić information content (AvgIpc) is 2.99. The fraction of sp³-hybridized carbons (Fsp3) is 0.647. The van der Waals surface area contributed by atoms with Crippen LogP contribution in [0.3, 0.4) is 0 Å². The minimum Gasteiger partial charge on any atom is -0.486 e. The molecule has 2 aliphatic rings. The van der Waals surface area contributed by atoms with Gasteiger partial charge in [-0.15, -0.1) is 0 Å². The van der Waals surface area contributed by atoms with Crippen molar-refractivity contribution in [3.8, 4) is 11.5 Å². The number of benzene rings is 1. The van der Waals surface area contributed by atoms with E-state index in [0.29, 0.717) is 19.3 Å². The van der Waals surface area contributed by atoms with E-state index in [4.69, 9.17) is 9.47 Å². The predicted octanol–water partition coefficient (Wildman–Crippen LogP) is 3.74. The van der Waals surface area contributed by atoms with Gasteiger partial charge in [0.2, 0.25) is 0 Å². The molecule has 3 rings (SSSR count). The molecule has 0 saturated carbocycles. The molecule has 1 atom stereocenters. The maximum absolute atomic E-state index is 5.73. The minimum absolute atomic E-state index is 0.562. The van der Waals surface area contributed by atoms with Crippen LogP contribution in [0.2, 0.25) is 0 Å². The number of hydrogen-bond acceptors (Lipinski definition) is 4. The molecule has 0 radical (unpaired) electrons. The summed E-state index contributed by atoms with van der Waals surface area (Å²) in [7, 11) is 0. The second-order valence-electron chi connectivity index (χ2n) is 5.65. The van der Waals surface area contributed by atoms with Crippen LogP contribution in [0, 0.1) is 0 Å². The van der Waals surface area contributed by atoms with Crippen molar-refractivity contribution in [1.82, 2.24) is 4.90 Å². The van der Waals surface area contributed by atoms with Crippen LogP contribution in [0.1, 0.15) is 37.8 Å². The zero-order chi connectivity index (χ0) is 14.5. The molecule has 3 nitrogen and oxygen atoms in total. The van der Waals surface area contributed by atoms with Crippen molar-refractivity contribution in [2.24, 2.45) is 0 Å². The lowest BCUT2D eigenvalue weighted by Gasteiger charge is -2.26. The molecule has 116 valence electrons. The topological polar surface area (TPSA) is 21.7 Å². The van der Waals surface area contributed by atoms with Crippen molar-refractivity contribution < 1.29 is 9.47 Å². The predicted molar refractivity (Wildman–Crippen MR) is 88.6 cm³/mol. The van der Waals surface area contributed by atoms with Gasteiger partial charge in [-0.25, -0.2) is 0 Å². The number of thioether (sulfide) groups is 1. The summed E-state index contributed by atoms with van der Waals surface area (Å²) >= 11 is 2.04. The summed E-state index contributed by atoms with van der Waals surface area (Å²) in [4.78, 5) is 2.64. The number of nitrogens with zero attached hydrogens (tertiary/aromatic N) is 1. The Bertz CT molecular complexity index is 466. The molecular formula is C17H25NO2S. The second-order valence-corrected chi connectivity index (χ2v) is 7.04. The van der Waals surface area contributed by atoms with Gasteiger partial charge in [-0.05, 0) is 61.6 Å². The van der Waals surface area contributed by atoms with Crippen LogP contribution in [-0.4, -0.2) is 42.7 Å². The van der Waals surface area contributed by atoms with Gasteiger partial charge in [0.25, 0.3) is 0 Å². The number of ether oxygens (including phenoxy) is 2. The molecule has 0 N–H and O–H groups in total. The van der Waals surface area contributed by atoms with Crippen LogP contribution in [0.5, 0.6) is 11.5 Å². The summed E-state index contributed by atoms with van der Waals surface area (Å²) in [6.07, 6.45) is 3.86. The maximum atomic E-state index is 5.73. The van der Waals surface area contributed by atoms with Gasteiger partial charge in [0.15, 0.2) is 11.5 Å². The van der Waals surface area contributed by atoms with E-state index < -0.39 is 0 Å². The number of fused-ring (bicyclic) bond motifs is 1. The summed E-state index contributed by atoms with van der Waals surface area (Å²) in [6, 6.07) is 7.05. The van der Waals surface area contributed by atoms with E-state index in [1.807, 2.05) is 11.8 Å². The molecule has 1 aromatic carbocycles. The molecular weight excluding hydrogens is 282 g/mol. The van der Waals surface area contributed by atoms with Crippen molar-refractivity contribution in [2.75, 3.05) is 37.8 Å². The zero-order valence-corrected chi connectivity index (χ0v) is 13.7. The third-order valence-corrected chi connectivity index (χ3v) is 5.24. The molecule has 1 aromatic rings. The van der Waals surface area contributed by atoms with Gasteiger partial charge in [0.05, 0.1) is 0 Å². The monoisotopic (exact) mass is 307 g/mol. The Labute approximate surface area is 132 Å². The van der Waals surface area contributed by atoms with Crippen molar-refractivity contribution in [3.63, 3.8) is 0 Å². The van der Waals surface area contributed by atoms with E-state index in [1.54, 1.807) is 0 Å².